The number of tetrazole rings is 1. The SMILES string of the molecule is CCOc1ccc([C@@H]2c3c(-c4cccc(OC)c4)n[nH]c(=O)c3Nc3nnnn32)cc1. The minimum atomic E-state index is -0.465. The average Bonchev–Trinajstić information content (AvgIpc) is 3.27. The van der Waals surface area contributed by atoms with Gasteiger partial charge in [-0.15, -0.1) is 0 Å². The summed E-state index contributed by atoms with van der Waals surface area (Å²) in [7, 11) is 1.60. The molecule has 1 atom stereocenters. The Balaban J connectivity index is 1.74. The van der Waals surface area contributed by atoms with Crippen LogP contribution in [0.15, 0.2) is 53.3 Å². The maximum absolute atomic E-state index is 12.7. The van der Waals surface area contributed by atoms with Gasteiger partial charge in [-0.25, -0.2) is 5.10 Å². The highest BCUT2D eigenvalue weighted by Crippen LogP contribution is 2.41. The van der Waals surface area contributed by atoms with Crippen molar-refractivity contribution < 1.29 is 9.47 Å². The Morgan fingerprint density at radius 1 is 1.13 bits per heavy atom. The highest BCUT2D eigenvalue weighted by molar-refractivity contribution is 5.76. The van der Waals surface area contributed by atoms with E-state index in [1.54, 1.807) is 11.8 Å². The third-order valence-electron chi connectivity index (χ3n) is 5.12. The zero-order valence-electron chi connectivity index (χ0n) is 16.9. The number of aromatic amines is 1. The Morgan fingerprint density at radius 3 is 2.74 bits per heavy atom. The van der Waals surface area contributed by atoms with Gasteiger partial charge in [0.25, 0.3) is 5.56 Å². The number of anilines is 2. The molecule has 2 N–H and O–H groups in total. The first-order chi connectivity index (χ1) is 15.2. The van der Waals surface area contributed by atoms with Crippen molar-refractivity contribution in [2.75, 3.05) is 19.0 Å². The number of aromatic nitrogens is 6. The van der Waals surface area contributed by atoms with Crippen LogP contribution < -0.4 is 20.3 Å². The molecule has 5 rings (SSSR count). The van der Waals surface area contributed by atoms with Crippen molar-refractivity contribution in [2.24, 2.45) is 0 Å². The molecule has 2 aromatic heterocycles. The highest BCUT2D eigenvalue weighted by Gasteiger charge is 2.34. The molecular weight excluding hydrogens is 398 g/mol. The van der Waals surface area contributed by atoms with Gasteiger partial charge in [0, 0.05) is 11.1 Å². The van der Waals surface area contributed by atoms with Crippen LogP contribution in [0.3, 0.4) is 0 Å². The monoisotopic (exact) mass is 417 g/mol. The third kappa shape index (κ3) is 3.18. The van der Waals surface area contributed by atoms with Crippen LogP contribution in [0.1, 0.15) is 24.1 Å². The topological polar surface area (TPSA) is 120 Å². The fourth-order valence-corrected chi connectivity index (χ4v) is 3.75. The fourth-order valence-electron chi connectivity index (χ4n) is 3.75. The smallest absolute Gasteiger partial charge is 0.288 e. The maximum atomic E-state index is 12.7. The highest BCUT2D eigenvalue weighted by atomic mass is 16.5. The van der Waals surface area contributed by atoms with Gasteiger partial charge in [0.15, 0.2) is 0 Å². The molecule has 0 aliphatic carbocycles. The molecule has 0 spiro atoms. The first-order valence-corrected chi connectivity index (χ1v) is 9.74. The summed E-state index contributed by atoms with van der Waals surface area (Å²) in [5.74, 6) is 1.82. The van der Waals surface area contributed by atoms with Crippen molar-refractivity contribution in [2.45, 2.75) is 13.0 Å². The van der Waals surface area contributed by atoms with Crippen molar-refractivity contribution in [1.82, 2.24) is 30.4 Å². The van der Waals surface area contributed by atoms with Gasteiger partial charge < -0.3 is 14.8 Å². The van der Waals surface area contributed by atoms with Gasteiger partial charge >= 0.3 is 0 Å². The summed E-state index contributed by atoms with van der Waals surface area (Å²) in [6, 6.07) is 14.7. The van der Waals surface area contributed by atoms with E-state index in [2.05, 4.69) is 31.0 Å². The van der Waals surface area contributed by atoms with Gasteiger partial charge in [0.05, 0.1) is 19.4 Å². The van der Waals surface area contributed by atoms with E-state index in [4.69, 9.17) is 9.47 Å². The Labute approximate surface area is 176 Å². The third-order valence-corrected chi connectivity index (χ3v) is 5.12. The molecule has 0 unspecified atom stereocenters. The summed E-state index contributed by atoms with van der Waals surface area (Å²) in [6.07, 6.45) is 0. The molecule has 0 bridgehead atoms. The molecule has 0 saturated heterocycles. The molecule has 3 heterocycles. The van der Waals surface area contributed by atoms with Crippen molar-refractivity contribution in [1.29, 1.82) is 0 Å². The number of ether oxygens (including phenoxy) is 2. The summed E-state index contributed by atoms with van der Waals surface area (Å²) in [4.78, 5) is 12.7. The van der Waals surface area contributed by atoms with Gasteiger partial charge in [-0.2, -0.15) is 9.78 Å². The number of hydrogen-bond acceptors (Lipinski definition) is 8. The molecule has 0 saturated carbocycles. The second-order valence-electron chi connectivity index (χ2n) is 6.90. The lowest BCUT2D eigenvalue weighted by Crippen LogP contribution is -2.29. The van der Waals surface area contributed by atoms with E-state index in [-0.39, 0.29) is 5.56 Å². The molecular formula is C21H19N7O3. The predicted octanol–water partition coefficient (Wildman–Crippen LogP) is 2.53. The molecule has 156 valence electrons. The second kappa shape index (κ2) is 7.56. The Bertz CT molecular complexity index is 1300. The molecule has 4 aromatic rings. The van der Waals surface area contributed by atoms with E-state index < -0.39 is 6.04 Å². The maximum Gasteiger partial charge on any atom is 0.288 e. The summed E-state index contributed by atoms with van der Waals surface area (Å²) >= 11 is 0. The van der Waals surface area contributed by atoms with Crippen molar-refractivity contribution in [3.8, 4) is 22.8 Å². The summed E-state index contributed by atoms with van der Waals surface area (Å²) in [6.45, 7) is 2.51. The van der Waals surface area contributed by atoms with Crippen molar-refractivity contribution >= 4 is 11.6 Å². The van der Waals surface area contributed by atoms with E-state index in [0.717, 1.165) is 16.9 Å². The lowest BCUT2D eigenvalue weighted by molar-refractivity contribution is 0.340. The number of benzene rings is 2. The number of nitrogens with zero attached hydrogens (tertiary/aromatic N) is 5. The van der Waals surface area contributed by atoms with Crippen molar-refractivity contribution in [3.63, 3.8) is 0 Å². The zero-order valence-corrected chi connectivity index (χ0v) is 16.9. The molecule has 1 aliphatic heterocycles. The van der Waals surface area contributed by atoms with Gasteiger partial charge in [0.1, 0.15) is 23.2 Å². The molecule has 0 amide bonds. The standard InChI is InChI=1S/C21H19N7O3/c1-3-31-14-9-7-12(8-10-14)19-16-17(13-5-4-6-15(11-13)30-2)23-24-20(29)18(16)22-21-25-26-27-28(19)21/h4-11,19H,3H2,1-2H3,(H,24,29)(H,22,25,27)/t19-/m1/s1. The Morgan fingerprint density at radius 2 is 1.97 bits per heavy atom. The summed E-state index contributed by atoms with van der Waals surface area (Å²) < 4.78 is 12.6. The van der Waals surface area contributed by atoms with Crippen LogP contribution in [0.2, 0.25) is 0 Å². The van der Waals surface area contributed by atoms with Gasteiger partial charge in [-0.1, -0.05) is 29.4 Å². The van der Waals surface area contributed by atoms with Crippen LogP contribution in [0, 0.1) is 0 Å². The molecule has 1 aliphatic rings. The summed E-state index contributed by atoms with van der Waals surface area (Å²) in [5, 5.41) is 22.0. The minimum absolute atomic E-state index is 0.355. The number of H-pyrrole nitrogens is 1. The fraction of sp³-hybridized carbons (Fsp3) is 0.190. The first-order valence-electron chi connectivity index (χ1n) is 9.74. The molecule has 10 nitrogen and oxygen atoms in total. The number of rotatable bonds is 5. The molecule has 2 aromatic carbocycles. The van der Waals surface area contributed by atoms with E-state index in [9.17, 15) is 4.79 Å². The van der Waals surface area contributed by atoms with E-state index in [0.29, 0.717) is 35.2 Å². The quantitative estimate of drug-likeness (QED) is 0.448. The number of methoxy groups -OCH3 is 1. The van der Waals surface area contributed by atoms with Gasteiger partial charge in [-0.3, -0.25) is 4.79 Å². The van der Waals surface area contributed by atoms with Crippen LogP contribution in [0.5, 0.6) is 11.5 Å². The van der Waals surface area contributed by atoms with Crippen LogP contribution in [-0.2, 0) is 0 Å². The number of nitrogens with one attached hydrogen (secondary N) is 2. The molecule has 31 heavy (non-hydrogen) atoms. The normalized spacial score (nSPS) is 14.3. The number of hydrogen-bond donors (Lipinski definition) is 2. The molecule has 10 heteroatoms. The largest absolute Gasteiger partial charge is 0.497 e. The van der Waals surface area contributed by atoms with E-state index in [1.807, 2.05) is 55.5 Å². The van der Waals surface area contributed by atoms with Crippen LogP contribution >= 0.6 is 0 Å². The van der Waals surface area contributed by atoms with Crippen LogP contribution in [-0.4, -0.2) is 44.1 Å². The minimum Gasteiger partial charge on any atom is -0.497 e. The first kappa shape index (κ1) is 18.8. The average molecular weight is 417 g/mol. The Hall–Kier alpha value is -4.21. The van der Waals surface area contributed by atoms with E-state index in [1.165, 1.54) is 0 Å². The summed E-state index contributed by atoms with van der Waals surface area (Å²) in [5.41, 5.74) is 2.94. The Kier molecular flexibility index (Phi) is 4.58. The van der Waals surface area contributed by atoms with E-state index >= 15 is 0 Å². The van der Waals surface area contributed by atoms with Gasteiger partial charge in [0.2, 0.25) is 5.95 Å². The van der Waals surface area contributed by atoms with Crippen LogP contribution in [0.25, 0.3) is 11.3 Å². The number of fused-ring (bicyclic) bond motifs is 2. The zero-order chi connectivity index (χ0) is 21.4. The lowest BCUT2D eigenvalue weighted by atomic mass is 9.92. The van der Waals surface area contributed by atoms with Crippen LogP contribution in [0.4, 0.5) is 11.6 Å². The predicted molar refractivity (Wildman–Crippen MR) is 113 cm³/mol. The van der Waals surface area contributed by atoms with Crippen molar-refractivity contribution in [3.05, 3.63) is 70.0 Å². The molecule has 0 radical (unpaired) electrons. The molecule has 0 fully saturated rings. The van der Waals surface area contributed by atoms with Gasteiger partial charge in [-0.05, 0) is 47.2 Å². The lowest BCUT2D eigenvalue weighted by Gasteiger charge is -2.28. The second-order valence-corrected chi connectivity index (χ2v) is 6.90.